The van der Waals surface area contributed by atoms with Gasteiger partial charge in [0.1, 0.15) is 22.7 Å². The lowest BCUT2D eigenvalue weighted by Crippen LogP contribution is -2.29. The molecule has 0 aliphatic carbocycles. The van der Waals surface area contributed by atoms with Crippen LogP contribution in [0.2, 0.25) is 0 Å². The van der Waals surface area contributed by atoms with Gasteiger partial charge in [-0.25, -0.2) is 15.0 Å². The number of ether oxygens (including phenoxy) is 1. The maximum atomic E-state index is 11.8. The molecule has 8 heteroatoms. The van der Waals surface area contributed by atoms with Crippen molar-refractivity contribution in [1.29, 1.82) is 0 Å². The number of nitrogens with zero attached hydrogens (tertiary/aromatic N) is 3. The molecule has 4 aromatic rings. The molecular formula is C25H25N5O2S. The topological polar surface area (TPSA) is 89.0 Å². The minimum atomic E-state index is -0.331. The molecule has 0 saturated carbocycles. The molecule has 3 aromatic heterocycles. The summed E-state index contributed by atoms with van der Waals surface area (Å²) in [5.74, 6) is 1.31. The summed E-state index contributed by atoms with van der Waals surface area (Å²) < 4.78 is 5.87. The van der Waals surface area contributed by atoms with Crippen LogP contribution in [0.1, 0.15) is 29.1 Å². The van der Waals surface area contributed by atoms with E-state index >= 15 is 0 Å². The van der Waals surface area contributed by atoms with E-state index in [1.807, 2.05) is 67.6 Å². The van der Waals surface area contributed by atoms with Crippen molar-refractivity contribution in [2.45, 2.75) is 26.5 Å². The Hall–Kier alpha value is -3.62. The molecule has 168 valence electrons. The van der Waals surface area contributed by atoms with E-state index in [1.54, 1.807) is 12.4 Å². The van der Waals surface area contributed by atoms with E-state index in [1.165, 1.54) is 18.3 Å². The SMILES string of the molecule is CC(=O)N[C@@H](COCc1ccccc1)c1ncc(-c2cccc(Nc3cc(C)ccn3)n2)s1. The average Bonchev–Trinajstić information content (AvgIpc) is 3.29. The molecule has 0 radical (unpaired) electrons. The summed E-state index contributed by atoms with van der Waals surface area (Å²) in [4.78, 5) is 26.2. The minimum Gasteiger partial charge on any atom is -0.374 e. The molecule has 0 spiro atoms. The normalized spacial score (nSPS) is 11.7. The molecule has 0 aliphatic heterocycles. The number of aryl methyl sites for hydroxylation is 1. The summed E-state index contributed by atoms with van der Waals surface area (Å²) in [6.45, 7) is 4.31. The predicted molar refractivity (Wildman–Crippen MR) is 130 cm³/mol. The summed E-state index contributed by atoms with van der Waals surface area (Å²) >= 11 is 1.49. The first-order valence-corrected chi connectivity index (χ1v) is 11.4. The highest BCUT2D eigenvalue weighted by Gasteiger charge is 2.18. The van der Waals surface area contributed by atoms with Crippen molar-refractivity contribution in [3.8, 4) is 10.6 Å². The van der Waals surface area contributed by atoms with E-state index in [2.05, 4.69) is 20.6 Å². The summed E-state index contributed by atoms with van der Waals surface area (Å²) in [5, 5.41) is 6.95. The lowest BCUT2D eigenvalue weighted by atomic mass is 10.2. The first-order chi connectivity index (χ1) is 16.1. The summed E-state index contributed by atoms with van der Waals surface area (Å²) in [5.41, 5.74) is 2.99. The van der Waals surface area contributed by atoms with E-state index in [4.69, 9.17) is 9.72 Å². The van der Waals surface area contributed by atoms with Crippen molar-refractivity contribution < 1.29 is 9.53 Å². The average molecular weight is 460 g/mol. The fourth-order valence-electron chi connectivity index (χ4n) is 3.23. The summed E-state index contributed by atoms with van der Waals surface area (Å²) in [6, 6.07) is 19.3. The quantitative estimate of drug-likeness (QED) is 0.364. The van der Waals surface area contributed by atoms with Crippen LogP contribution in [0.25, 0.3) is 10.6 Å². The smallest absolute Gasteiger partial charge is 0.217 e. The van der Waals surface area contributed by atoms with Crippen LogP contribution in [0.3, 0.4) is 0 Å². The van der Waals surface area contributed by atoms with Gasteiger partial charge in [-0.05, 0) is 42.3 Å². The van der Waals surface area contributed by atoms with Crippen LogP contribution in [0.4, 0.5) is 11.6 Å². The van der Waals surface area contributed by atoms with Gasteiger partial charge in [0.2, 0.25) is 5.91 Å². The lowest BCUT2D eigenvalue weighted by Gasteiger charge is -2.15. The zero-order chi connectivity index (χ0) is 23.0. The number of hydrogen-bond donors (Lipinski definition) is 2. The highest BCUT2D eigenvalue weighted by Crippen LogP contribution is 2.29. The van der Waals surface area contributed by atoms with Gasteiger partial charge in [0.15, 0.2) is 0 Å². The number of anilines is 2. The third-order valence-electron chi connectivity index (χ3n) is 4.77. The van der Waals surface area contributed by atoms with Gasteiger partial charge in [-0.15, -0.1) is 11.3 Å². The molecule has 1 atom stereocenters. The zero-order valence-electron chi connectivity index (χ0n) is 18.5. The lowest BCUT2D eigenvalue weighted by molar-refractivity contribution is -0.120. The Bertz CT molecular complexity index is 1210. The number of nitrogens with one attached hydrogen (secondary N) is 2. The third kappa shape index (κ3) is 6.44. The highest BCUT2D eigenvalue weighted by atomic mass is 32.1. The van der Waals surface area contributed by atoms with Crippen LogP contribution < -0.4 is 10.6 Å². The first kappa shape index (κ1) is 22.6. The predicted octanol–water partition coefficient (Wildman–Crippen LogP) is 5.05. The van der Waals surface area contributed by atoms with Crippen molar-refractivity contribution >= 4 is 28.9 Å². The number of rotatable bonds is 9. The van der Waals surface area contributed by atoms with E-state index in [9.17, 15) is 4.79 Å². The Balaban J connectivity index is 1.46. The van der Waals surface area contributed by atoms with Gasteiger partial charge in [0, 0.05) is 19.3 Å². The highest BCUT2D eigenvalue weighted by molar-refractivity contribution is 7.15. The second-order valence-electron chi connectivity index (χ2n) is 7.57. The second kappa shape index (κ2) is 10.8. The van der Waals surface area contributed by atoms with Crippen molar-refractivity contribution in [2.24, 2.45) is 0 Å². The van der Waals surface area contributed by atoms with Crippen LogP contribution in [0.5, 0.6) is 0 Å². The number of benzene rings is 1. The number of pyridine rings is 2. The Kier molecular flexibility index (Phi) is 7.39. The molecule has 0 aliphatic rings. The monoisotopic (exact) mass is 459 g/mol. The molecular weight excluding hydrogens is 434 g/mol. The molecule has 0 bridgehead atoms. The van der Waals surface area contributed by atoms with Crippen molar-refractivity contribution in [3.05, 3.63) is 89.2 Å². The summed E-state index contributed by atoms with van der Waals surface area (Å²) in [6.07, 6.45) is 3.54. The third-order valence-corrected chi connectivity index (χ3v) is 5.90. The van der Waals surface area contributed by atoms with Gasteiger partial charge in [-0.1, -0.05) is 36.4 Å². The second-order valence-corrected chi connectivity index (χ2v) is 8.63. The number of hydrogen-bond acceptors (Lipinski definition) is 7. The standard InChI is InChI=1S/C25H25N5O2S/c1-17-11-12-26-24(13-17)30-23-10-6-9-20(29-23)22-14-27-25(33-22)21(28-18(2)31)16-32-15-19-7-4-3-5-8-19/h3-14,21H,15-16H2,1-2H3,(H,28,31)(H,26,29,30)/t21-/m0/s1. The van der Waals surface area contributed by atoms with Crippen LogP contribution >= 0.6 is 11.3 Å². The molecule has 0 fully saturated rings. The number of amides is 1. The molecule has 7 nitrogen and oxygen atoms in total. The Morgan fingerprint density at radius 3 is 2.70 bits per heavy atom. The van der Waals surface area contributed by atoms with Crippen LogP contribution in [-0.4, -0.2) is 27.5 Å². The summed E-state index contributed by atoms with van der Waals surface area (Å²) in [7, 11) is 0. The Morgan fingerprint density at radius 2 is 1.91 bits per heavy atom. The van der Waals surface area contributed by atoms with Crippen LogP contribution in [0, 0.1) is 6.92 Å². The largest absolute Gasteiger partial charge is 0.374 e. The number of thiazole rings is 1. The number of carbonyl (C=O) groups excluding carboxylic acids is 1. The Labute approximate surface area is 196 Å². The number of carbonyl (C=O) groups is 1. The van der Waals surface area contributed by atoms with Crippen LogP contribution in [0.15, 0.2) is 73.1 Å². The molecule has 1 aromatic carbocycles. The maximum absolute atomic E-state index is 11.8. The van der Waals surface area contributed by atoms with E-state index in [-0.39, 0.29) is 11.9 Å². The minimum absolute atomic E-state index is 0.130. The van der Waals surface area contributed by atoms with Gasteiger partial charge in [-0.3, -0.25) is 4.79 Å². The van der Waals surface area contributed by atoms with Crippen molar-refractivity contribution in [2.75, 3.05) is 11.9 Å². The Morgan fingerprint density at radius 1 is 1.06 bits per heavy atom. The van der Waals surface area contributed by atoms with Crippen molar-refractivity contribution in [1.82, 2.24) is 20.3 Å². The molecule has 0 unspecified atom stereocenters. The fraction of sp³-hybridized carbons (Fsp3) is 0.200. The van der Waals surface area contributed by atoms with Crippen LogP contribution in [-0.2, 0) is 16.1 Å². The van der Waals surface area contributed by atoms with Crippen molar-refractivity contribution in [3.63, 3.8) is 0 Å². The van der Waals surface area contributed by atoms with E-state index < -0.39 is 0 Å². The fourth-order valence-corrected chi connectivity index (χ4v) is 4.16. The van der Waals surface area contributed by atoms with E-state index in [0.29, 0.717) is 19.0 Å². The maximum Gasteiger partial charge on any atom is 0.217 e. The molecule has 1 amide bonds. The van der Waals surface area contributed by atoms with Gasteiger partial charge in [-0.2, -0.15) is 0 Å². The zero-order valence-corrected chi connectivity index (χ0v) is 19.3. The van der Waals surface area contributed by atoms with E-state index in [0.717, 1.165) is 32.5 Å². The molecule has 3 heterocycles. The van der Waals surface area contributed by atoms with Gasteiger partial charge < -0.3 is 15.4 Å². The van der Waals surface area contributed by atoms with Gasteiger partial charge in [0.25, 0.3) is 0 Å². The molecule has 2 N–H and O–H groups in total. The molecule has 33 heavy (non-hydrogen) atoms. The molecule has 0 saturated heterocycles. The van der Waals surface area contributed by atoms with Gasteiger partial charge in [0.05, 0.1) is 23.8 Å². The number of aromatic nitrogens is 3. The van der Waals surface area contributed by atoms with Gasteiger partial charge >= 0.3 is 0 Å². The first-order valence-electron chi connectivity index (χ1n) is 10.6. The molecule has 4 rings (SSSR count).